The molecule has 3 aliphatic rings. The average Bonchev–Trinajstić information content (AvgIpc) is 2.76. The minimum absolute atomic E-state index is 0.0966. The van der Waals surface area contributed by atoms with E-state index in [1.54, 1.807) is 5.57 Å². The van der Waals surface area contributed by atoms with Gasteiger partial charge in [0, 0.05) is 5.54 Å². The van der Waals surface area contributed by atoms with Crippen molar-refractivity contribution in [1.29, 1.82) is 0 Å². The molecule has 6 unspecified atom stereocenters. The molecule has 2 heteroatoms. The van der Waals surface area contributed by atoms with Crippen LogP contribution < -0.4 is 5.32 Å². The molecular formula is C28H51NO. The smallest absolute Gasteiger partial charge is 0.0577 e. The zero-order chi connectivity index (χ0) is 22.1. The molecular weight excluding hydrogens is 366 g/mol. The molecule has 0 amide bonds. The first-order chi connectivity index (χ1) is 14.1. The Morgan fingerprint density at radius 3 is 2.53 bits per heavy atom. The van der Waals surface area contributed by atoms with Gasteiger partial charge in [0.15, 0.2) is 0 Å². The topological polar surface area (TPSA) is 32.3 Å². The van der Waals surface area contributed by atoms with E-state index < -0.39 is 0 Å². The van der Waals surface area contributed by atoms with Crippen LogP contribution in [0.4, 0.5) is 0 Å². The molecule has 0 aromatic rings. The summed E-state index contributed by atoms with van der Waals surface area (Å²) >= 11 is 0. The van der Waals surface area contributed by atoms with E-state index in [1.165, 1.54) is 51.4 Å². The van der Waals surface area contributed by atoms with Gasteiger partial charge in [-0.05, 0) is 113 Å². The third kappa shape index (κ3) is 5.17. The lowest BCUT2D eigenvalue weighted by atomic mass is 9.53. The SMILES string of the molecule is CNC(C)(C)CC[C@@H](C)[C@H]1CCC(C)C2CC=C3CC(O)CCC3(C)C2CCC1C. The first-order valence-electron chi connectivity index (χ1n) is 13.1. The molecule has 2 nitrogen and oxygen atoms in total. The number of hydrogen-bond donors (Lipinski definition) is 2. The van der Waals surface area contributed by atoms with Crippen LogP contribution in [0.15, 0.2) is 11.6 Å². The summed E-state index contributed by atoms with van der Waals surface area (Å²) in [5.74, 6) is 5.00. The van der Waals surface area contributed by atoms with E-state index in [1.807, 2.05) is 0 Å². The Labute approximate surface area is 187 Å². The Bertz CT molecular complexity index is 595. The van der Waals surface area contributed by atoms with Gasteiger partial charge < -0.3 is 10.4 Å². The molecule has 0 saturated heterocycles. The molecule has 2 saturated carbocycles. The van der Waals surface area contributed by atoms with Gasteiger partial charge in [0.2, 0.25) is 0 Å². The maximum Gasteiger partial charge on any atom is 0.0577 e. The molecule has 0 spiro atoms. The van der Waals surface area contributed by atoms with Crippen molar-refractivity contribution in [2.45, 2.75) is 117 Å². The molecule has 3 rings (SSSR count). The predicted octanol–water partition coefficient (Wildman–Crippen LogP) is 6.98. The monoisotopic (exact) mass is 417 g/mol. The normalized spacial score (nSPS) is 41.5. The largest absolute Gasteiger partial charge is 0.393 e. The summed E-state index contributed by atoms with van der Waals surface area (Å²) in [5.41, 5.74) is 2.19. The van der Waals surface area contributed by atoms with Gasteiger partial charge in [-0.15, -0.1) is 0 Å². The lowest BCUT2D eigenvalue weighted by molar-refractivity contribution is 0.0297. The summed E-state index contributed by atoms with van der Waals surface area (Å²) in [4.78, 5) is 0. The molecule has 0 aromatic heterocycles. The van der Waals surface area contributed by atoms with Crippen molar-refractivity contribution >= 4 is 0 Å². The highest BCUT2D eigenvalue weighted by atomic mass is 16.3. The fourth-order valence-electron chi connectivity index (χ4n) is 7.42. The van der Waals surface area contributed by atoms with Gasteiger partial charge in [0.25, 0.3) is 0 Å². The summed E-state index contributed by atoms with van der Waals surface area (Å²) in [6.07, 6.45) is 15.1. The first kappa shape index (κ1) is 24.3. The van der Waals surface area contributed by atoms with Crippen LogP contribution in [-0.2, 0) is 0 Å². The van der Waals surface area contributed by atoms with Crippen LogP contribution in [0.1, 0.15) is 106 Å². The molecule has 0 aromatic carbocycles. The summed E-state index contributed by atoms with van der Waals surface area (Å²) in [7, 11) is 2.10. The maximum atomic E-state index is 10.3. The third-order valence-electron chi connectivity index (χ3n) is 10.1. The van der Waals surface area contributed by atoms with E-state index in [0.29, 0.717) is 5.41 Å². The fraction of sp³-hybridized carbons (Fsp3) is 0.929. The fourth-order valence-corrected chi connectivity index (χ4v) is 7.42. The summed E-state index contributed by atoms with van der Waals surface area (Å²) in [5, 5.41) is 13.8. The van der Waals surface area contributed by atoms with E-state index in [0.717, 1.165) is 48.3 Å². The maximum absolute atomic E-state index is 10.3. The molecule has 3 aliphatic carbocycles. The van der Waals surface area contributed by atoms with Gasteiger partial charge in [0.1, 0.15) is 0 Å². The summed E-state index contributed by atoms with van der Waals surface area (Å²) in [6.45, 7) is 14.9. The molecule has 174 valence electrons. The Kier molecular flexibility index (Phi) is 7.82. The molecule has 0 radical (unpaired) electrons. The third-order valence-corrected chi connectivity index (χ3v) is 10.1. The molecule has 30 heavy (non-hydrogen) atoms. The van der Waals surface area contributed by atoms with Gasteiger partial charge in [-0.1, -0.05) is 52.2 Å². The van der Waals surface area contributed by atoms with Crippen molar-refractivity contribution in [3.8, 4) is 0 Å². The van der Waals surface area contributed by atoms with Crippen LogP contribution >= 0.6 is 0 Å². The van der Waals surface area contributed by atoms with Crippen LogP contribution in [0, 0.1) is 40.9 Å². The number of rotatable bonds is 5. The summed E-state index contributed by atoms with van der Waals surface area (Å²) < 4.78 is 0. The lowest BCUT2D eigenvalue weighted by Gasteiger charge is -2.52. The van der Waals surface area contributed by atoms with E-state index >= 15 is 0 Å². The van der Waals surface area contributed by atoms with Crippen molar-refractivity contribution in [2.24, 2.45) is 40.9 Å². The van der Waals surface area contributed by atoms with Crippen LogP contribution in [0.3, 0.4) is 0 Å². The molecule has 0 bridgehead atoms. The highest BCUT2D eigenvalue weighted by Crippen LogP contribution is 2.57. The van der Waals surface area contributed by atoms with Crippen molar-refractivity contribution in [3.63, 3.8) is 0 Å². The van der Waals surface area contributed by atoms with Crippen molar-refractivity contribution in [1.82, 2.24) is 5.32 Å². The highest BCUT2D eigenvalue weighted by molar-refractivity contribution is 5.23. The number of allylic oxidation sites excluding steroid dienone is 1. The molecule has 2 fully saturated rings. The number of hydrogen-bond acceptors (Lipinski definition) is 2. The van der Waals surface area contributed by atoms with Crippen LogP contribution in [0.2, 0.25) is 0 Å². The van der Waals surface area contributed by atoms with E-state index in [4.69, 9.17) is 0 Å². The van der Waals surface area contributed by atoms with Gasteiger partial charge in [-0.2, -0.15) is 0 Å². The quantitative estimate of drug-likeness (QED) is 0.473. The Morgan fingerprint density at radius 1 is 1.13 bits per heavy atom. The van der Waals surface area contributed by atoms with Gasteiger partial charge in [-0.3, -0.25) is 0 Å². The van der Waals surface area contributed by atoms with Crippen molar-refractivity contribution in [2.75, 3.05) is 7.05 Å². The number of fused-ring (bicyclic) bond motifs is 3. The zero-order valence-corrected chi connectivity index (χ0v) is 21.1. The van der Waals surface area contributed by atoms with Crippen molar-refractivity contribution in [3.05, 3.63) is 11.6 Å². The Hall–Kier alpha value is -0.340. The number of aliphatic hydroxyl groups excluding tert-OH is 1. The predicted molar refractivity (Wildman–Crippen MR) is 129 cm³/mol. The molecule has 2 N–H and O–H groups in total. The number of aliphatic hydroxyl groups is 1. The Morgan fingerprint density at radius 2 is 1.83 bits per heavy atom. The second-order valence-corrected chi connectivity index (χ2v) is 12.5. The van der Waals surface area contributed by atoms with Crippen LogP contribution in [0.5, 0.6) is 0 Å². The van der Waals surface area contributed by atoms with E-state index in [9.17, 15) is 5.11 Å². The van der Waals surface area contributed by atoms with Crippen molar-refractivity contribution < 1.29 is 5.11 Å². The molecule has 8 atom stereocenters. The standard InChI is InChI=1S/C28H51NO/c1-19-9-13-26-25(12-10-22-18-23(30)15-17-28(22,26)6)20(2)8-11-24(19)21(3)14-16-27(4,5)29-7/h10,19-21,23-26,29-30H,8-9,11-18H2,1-7H3/t19?,20?,21-,23?,24+,25?,26?,28?/m1/s1. The first-order valence-corrected chi connectivity index (χ1v) is 13.1. The number of nitrogens with one attached hydrogen (secondary N) is 1. The average molecular weight is 418 g/mol. The van der Waals surface area contributed by atoms with Gasteiger partial charge in [0.05, 0.1) is 6.10 Å². The molecule has 0 aliphatic heterocycles. The second kappa shape index (κ2) is 9.65. The van der Waals surface area contributed by atoms with E-state index in [2.05, 4.69) is 60.0 Å². The summed E-state index contributed by atoms with van der Waals surface area (Å²) in [6, 6.07) is 0. The lowest BCUT2D eigenvalue weighted by Crippen LogP contribution is -2.43. The van der Waals surface area contributed by atoms with Crippen LogP contribution in [-0.4, -0.2) is 23.8 Å². The Balaban J connectivity index is 1.73. The van der Waals surface area contributed by atoms with Gasteiger partial charge in [-0.25, -0.2) is 0 Å². The highest BCUT2D eigenvalue weighted by Gasteiger charge is 2.48. The van der Waals surface area contributed by atoms with E-state index in [-0.39, 0.29) is 11.6 Å². The molecule has 0 heterocycles. The van der Waals surface area contributed by atoms with Gasteiger partial charge >= 0.3 is 0 Å². The minimum Gasteiger partial charge on any atom is -0.393 e. The van der Waals surface area contributed by atoms with Crippen LogP contribution in [0.25, 0.3) is 0 Å². The minimum atomic E-state index is -0.0966. The second-order valence-electron chi connectivity index (χ2n) is 12.5. The zero-order valence-electron chi connectivity index (χ0n) is 21.1.